The lowest BCUT2D eigenvalue weighted by atomic mass is 10.1. The summed E-state index contributed by atoms with van der Waals surface area (Å²) in [7, 11) is 0. The zero-order chi connectivity index (χ0) is 18.4. The molecule has 25 heavy (non-hydrogen) atoms. The van der Waals surface area contributed by atoms with Crippen LogP contribution in [-0.2, 0) is 20.3 Å². The molecule has 140 valence electrons. The summed E-state index contributed by atoms with van der Waals surface area (Å²) in [6.07, 6.45) is 1.48. The van der Waals surface area contributed by atoms with Crippen molar-refractivity contribution >= 4 is 28.8 Å². The van der Waals surface area contributed by atoms with E-state index < -0.39 is 23.3 Å². The Bertz CT molecular complexity index is 591. The van der Waals surface area contributed by atoms with Gasteiger partial charge in [-0.2, -0.15) is 14.1 Å². The van der Waals surface area contributed by atoms with Gasteiger partial charge in [0.2, 0.25) is 0 Å². The van der Waals surface area contributed by atoms with Crippen LogP contribution < -0.4 is 9.46 Å². The van der Waals surface area contributed by atoms with Gasteiger partial charge in [0, 0.05) is 18.1 Å². The molecule has 1 saturated heterocycles. The van der Waals surface area contributed by atoms with Crippen LogP contribution in [0.2, 0.25) is 5.02 Å². The predicted molar refractivity (Wildman–Crippen MR) is 95.3 cm³/mol. The Kier molecular flexibility index (Phi) is 7.64. The molecule has 1 unspecified atom stereocenters. The minimum atomic E-state index is -1.90. The number of carboxylic acids is 1. The number of aliphatic carboxylic acids is 1. The Hall–Kier alpha value is -1.19. The second kappa shape index (κ2) is 9.49. The van der Waals surface area contributed by atoms with E-state index >= 15 is 0 Å². The minimum absolute atomic E-state index is 0.0462. The van der Waals surface area contributed by atoms with Crippen molar-refractivity contribution < 1.29 is 23.1 Å². The molecular weight excluding hydrogens is 368 g/mol. The fourth-order valence-electron chi connectivity index (χ4n) is 2.42. The van der Waals surface area contributed by atoms with E-state index in [0.29, 0.717) is 31.0 Å². The number of hydrogen-bond acceptors (Lipinski definition) is 5. The van der Waals surface area contributed by atoms with Crippen LogP contribution in [0.3, 0.4) is 0 Å². The summed E-state index contributed by atoms with van der Waals surface area (Å²) < 4.78 is 25.6. The van der Waals surface area contributed by atoms with Gasteiger partial charge in [-0.25, -0.2) is 4.21 Å². The first-order valence-corrected chi connectivity index (χ1v) is 9.57. The number of halogens is 1. The fourth-order valence-corrected chi connectivity index (χ4v) is 3.51. The summed E-state index contributed by atoms with van der Waals surface area (Å²) in [5, 5.41) is 11.3. The van der Waals surface area contributed by atoms with Crippen molar-refractivity contribution in [3.63, 3.8) is 0 Å². The molecule has 7 nitrogen and oxygen atoms in total. The molecule has 1 heterocycles. The summed E-state index contributed by atoms with van der Waals surface area (Å²) in [6, 6.07) is 6.27. The zero-order valence-electron chi connectivity index (χ0n) is 14.2. The summed E-state index contributed by atoms with van der Waals surface area (Å²) >= 11 is 3.95. The molecule has 0 radical (unpaired) electrons. The number of benzene rings is 1. The maximum Gasteiger partial charge on any atom is 0.321 e. The van der Waals surface area contributed by atoms with Crippen LogP contribution in [0.1, 0.15) is 26.7 Å². The third kappa shape index (κ3) is 6.56. The maximum atomic E-state index is 12.0. The van der Waals surface area contributed by atoms with Crippen molar-refractivity contribution in [3.05, 3.63) is 29.3 Å². The Morgan fingerprint density at radius 2 is 1.92 bits per heavy atom. The van der Waals surface area contributed by atoms with Crippen LogP contribution in [0.15, 0.2) is 24.3 Å². The molecule has 2 N–H and O–H groups in total. The molecule has 0 amide bonds. The van der Waals surface area contributed by atoms with Gasteiger partial charge >= 0.3 is 5.97 Å². The van der Waals surface area contributed by atoms with Crippen molar-refractivity contribution in [1.82, 2.24) is 9.79 Å². The summed E-state index contributed by atoms with van der Waals surface area (Å²) in [4.78, 5) is 11.1. The number of hydrogen-bond donors (Lipinski definition) is 2. The Balaban J connectivity index is 1.75. The van der Waals surface area contributed by atoms with Gasteiger partial charge in [-0.05, 0) is 43.0 Å². The smallest absolute Gasteiger partial charge is 0.321 e. The highest BCUT2D eigenvalue weighted by atomic mass is 35.5. The Morgan fingerprint density at radius 1 is 1.32 bits per heavy atom. The molecule has 0 saturated carbocycles. The predicted octanol–water partition coefficient (Wildman–Crippen LogP) is 2.39. The van der Waals surface area contributed by atoms with Crippen LogP contribution in [0.4, 0.5) is 0 Å². The van der Waals surface area contributed by atoms with E-state index in [1.807, 2.05) is 12.1 Å². The highest BCUT2D eigenvalue weighted by Crippen LogP contribution is 2.21. The van der Waals surface area contributed by atoms with Gasteiger partial charge in [0.25, 0.3) is 11.3 Å². The molecule has 1 aromatic carbocycles. The van der Waals surface area contributed by atoms with Gasteiger partial charge in [0.1, 0.15) is 17.9 Å². The lowest BCUT2D eigenvalue weighted by molar-refractivity contribution is -0.140. The molecular formula is C16H23ClN2O5S. The second-order valence-corrected chi connectivity index (χ2v) is 7.48. The average Bonchev–Trinajstić information content (AvgIpc) is 2.56. The van der Waals surface area contributed by atoms with Gasteiger partial charge in [0.05, 0.1) is 0 Å². The third-order valence-corrected chi connectivity index (χ3v) is 4.89. The van der Waals surface area contributed by atoms with Crippen molar-refractivity contribution in [2.24, 2.45) is 5.92 Å². The number of nitrogens with zero attached hydrogens (tertiary/aromatic N) is 1. The van der Waals surface area contributed by atoms with E-state index in [1.54, 1.807) is 31.0 Å². The number of carboxylic acid groups (broad SMARTS) is 1. The number of carbonyl (C=O) groups is 1. The molecule has 2 rings (SSSR count). The van der Waals surface area contributed by atoms with Gasteiger partial charge in [0.15, 0.2) is 0 Å². The SMILES string of the molecule is CC(C)[C@@H](NS(=O)ON1CCC(Oc2ccc(Cl)cc2)CC1)C(=O)O. The quantitative estimate of drug-likeness (QED) is 0.708. The van der Waals surface area contributed by atoms with E-state index in [9.17, 15) is 9.00 Å². The highest BCUT2D eigenvalue weighted by Gasteiger charge is 2.27. The highest BCUT2D eigenvalue weighted by molar-refractivity contribution is 7.78. The maximum absolute atomic E-state index is 12.0. The van der Waals surface area contributed by atoms with Crippen molar-refractivity contribution in [3.8, 4) is 5.75 Å². The Morgan fingerprint density at radius 3 is 2.44 bits per heavy atom. The molecule has 0 aliphatic carbocycles. The molecule has 0 spiro atoms. The fraction of sp³-hybridized carbons (Fsp3) is 0.562. The number of rotatable bonds is 8. The average molecular weight is 391 g/mol. The molecule has 0 aromatic heterocycles. The van der Waals surface area contributed by atoms with Crippen LogP contribution >= 0.6 is 11.6 Å². The molecule has 1 aliphatic heterocycles. The third-order valence-electron chi connectivity index (χ3n) is 3.85. The number of nitrogens with one attached hydrogen (secondary N) is 1. The summed E-state index contributed by atoms with van der Waals surface area (Å²) in [5.74, 6) is -0.499. The normalized spacial score (nSPS) is 18.9. The monoisotopic (exact) mass is 390 g/mol. The second-order valence-electron chi connectivity index (χ2n) is 6.19. The standard InChI is InChI=1S/C16H23ClN2O5S/c1-11(2)15(16(20)21)18-25(22)24-19-9-7-14(8-10-19)23-13-5-3-12(17)4-6-13/h3-6,11,14-15,18H,7-10H2,1-2H3,(H,20,21)/t15-,25?/m1/s1. The summed E-state index contributed by atoms with van der Waals surface area (Å²) in [5.41, 5.74) is 0. The number of ether oxygens (including phenoxy) is 1. The zero-order valence-corrected chi connectivity index (χ0v) is 15.8. The first-order valence-electron chi connectivity index (χ1n) is 8.11. The molecule has 9 heteroatoms. The van der Waals surface area contributed by atoms with Crippen molar-refractivity contribution in [1.29, 1.82) is 0 Å². The van der Waals surface area contributed by atoms with Crippen molar-refractivity contribution in [2.75, 3.05) is 13.1 Å². The lowest BCUT2D eigenvalue weighted by Gasteiger charge is -2.30. The van der Waals surface area contributed by atoms with Gasteiger partial charge < -0.3 is 9.84 Å². The van der Waals surface area contributed by atoms with E-state index in [2.05, 4.69) is 4.72 Å². The van der Waals surface area contributed by atoms with Crippen LogP contribution in [0.25, 0.3) is 0 Å². The van der Waals surface area contributed by atoms with E-state index in [-0.39, 0.29) is 12.0 Å². The van der Waals surface area contributed by atoms with Crippen LogP contribution in [-0.4, -0.2) is 45.6 Å². The first-order chi connectivity index (χ1) is 11.8. The molecule has 2 atom stereocenters. The molecule has 1 aromatic rings. The van der Waals surface area contributed by atoms with Gasteiger partial charge in [-0.1, -0.05) is 25.4 Å². The van der Waals surface area contributed by atoms with E-state index in [0.717, 1.165) is 5.75 Å². The lowest BCUT2D eigenvalue weighted by Crippen LogP contribution is -2.45. The molecule has 1 aliphatic rings. The van der Waals surface area contributed by atoms with E-state index in [4.69, 9.17) is 25.7 Å². The van der Waals surface area contributed by atoms with E-state index in [1.165, 1.54) is 0 Å². The van der Waals surface area contributed by atoms with Gasteiger partial charge in [-0.3, -0.25) is 4.79 Å². The van der Waals surface area contributed by atoms with Crippen molar-refractivity contribution in [2.45, 2.75) is 38.8 Å². The minimum Gasteiger partial charge on any atom is -0.490 e. The summed E-state index contributed by atoms with van der Waals surface area (Å²) in [6.45, 7) is 4.57. The van der Waals surface area contributed by atoms with Crippen LogP contribution in [0.5, 0.6) is 5.75 Å². The van der Waals surface area contributed by atoms with Crippen LogP contribution in [0, 0.1) is 5.92 Å². The number of hydroxylamine groups is 2. The first kappa shape index (κ1) is 20.1. The number of piperidine rings is 1. The topological polar surface area (TPSA) is 88.1 Å². The molecule has 0 bridgehead atoms. The Labute approximate surface area is 155 Å². The molecule has 1 fully saturated rings. The largest absolute Gasteiger partial charge is 0.490 e. The van der Waals surface area contributed by atoms with Gasteiger partial charge in [-0.15, -0.1) is 0 Å².